The third-order valence-corrected chi connectivity index (χ3v) is 4.16. The Morgan fingerprint density at radius 1 is 1.13 bits per heavy atom. The summed E-state index contributed by atoms with van der Waals surface area (Å²) in [5.74, 6) is 0.542. The van der Waals surface area contributed by atoms with Gasteiger partial charge in [0.1, 0.15) is 11.3 Å². The van der Waals surface area contributed by atoms with E-state index in [0.29, 0.717) is 5.69 Å². The Morgan fingerprint density at radius 2 is 1.91 bits per heavy atom. The Morgan fingerprint density at radius 3 is 2.61 bits per heavy atom. The van der Waals surface area contributed by atoms with Crippen LogP contribution in [0.25, 0.3) is 11.3 Å². The number of methoxy groups -OCH3 is 1. The third-order valence-electron chi connectivity index (χ3n) is 4.16. The molecule has 1 aromatic heterocycles. The van der Waals surface area contributed by atoms with Crippen LogP contribution in [0.2, 0.25) is 0 Å². The zero-order valence-electron chi connectivity index (χ0n) is 13.2. The maximum Gasteiger partial charge on any atom is 0.261 e. The molecule has 0 saturated carbocycles. The summed E-state index contributed by atoms with van der Waals surface area (Å²) >= 11 is 0. The van der Waals surface area contributed by atoms with Crippen LogP contribution in [0.3, 0.4) is 0 Å². The van der Waals surface area contributed by atoms with E-state index in [1.165, 1.54) is 0 Å². The number of hydrogen-bond donors (Lipinski definition) is 1. The van der Waals surface area contributed by atoms with Crippen molar-refractivity contribution in [2.45, 2.75) is 19.3 Å². The summed E-state index contributed by atoms with van der Waals surface area (Å²) in [4.78, 5) is 29.3. The molecule has 1 amide bonds. The minimum absolute atomic E-state index is 0.178. The van der Waals surface area contributed by atoms with Crippen LogP contribution in [0.15, 0.2) is 41.2 Å². The van der Waals surface area contributed by atoms with Crippen LogP contribution < -0.4 is 10.3 Å². The van der Waals surface area contributed by atoms with Crippen molar-refractivity contribution in [3.8, 4) is 17.0 Å². The van der Waals surface area contributed by atoms with Crippen molar-refractivity contribution in [3.63, 3.8) is 0 Å². The summed E-state index contributed by atoms with van der Waals surface area (Å²) in [6.07, 6.45) is 3.16. The predicted molar refractivity (Wildman–Crippen MR) is 88.8 cm³/mol. The molecule has 1 fully saturated rings. The summed E-state index contributed by atoms with van der Waals surface area (Å²) in [5.41, 5.74) is 1.38. The van der Waals surface area contributed by atoms with Crippen LogP contribution in [-0.2, 0) is 0 Å². The van der Waals surface area contributed by atoms with Gasteiger partial charge in [-0.2, -0.15) is 0 Å². The molecule has 5 heteroatoms. The highest BCUT2D eigenvalue weighted by Gasteiger charge is 2.20. The van der Waals surface area contributed by atoms with Crippen molar-refractivity contribution in [1.29, 1.82) is 0 Å². The van der Waals surface area contributed by atoms with Gasteiger partial charge in [-0.15, -0.1) is 0 Å². The van der Waals surface area contributed by atoms with Gasteiger partial charge in [-0.05, 0) is 43.5 Å². The zero-order valence-corrected chi connectivity index (χ0v) is 13.2. The molecule has 23 heavy (non-hydrogen) atoms. The Labute approximate surface area is 134 Å². The van der Waals surface area contributed by atoms with Gasteiger partial charge >= 0.3 is 0 Å². The number of nitrogens with one attached hydrogen (secondary N) is 1. The summed E-state index contributed by atoms with van der Waals surface area (Å²) < 4.78 is 5.20. The second-order valence-corrected chi connectivity index (χ2v) is 5.70. The SMILES string of the molecule is COc1cccc(-c2ccc(C(=O)N3CCCCC3)c(=O)[nH]2)c1. The molecule has 1 aromatic carbocycles. The van der Waals surface area contributed by atoms with Crippen molar-refractivity contribution in [1.82, 2.24) is 9.88 Å². The minimum atomic E-state index is -0.346. The molecule has 0 radical (unpaired) electrons. The standard InChI is InChI=1S/C18H20N2O3/c1-23-14-7-5-6-13(12-14)16-9-8-15(17(21)19-16)18(22)20-10-3-2-4-11-20/h5-9,12H,2-4,10-11H2,1H3,(H,19,21). The molecule has 3 rings (SSSR count). The predicted octanol–water partition coefficient (Wildman–Crippen LogP) is 2.68. The summed E-state index contributed by atoms with van der Waals surface area (Å²) in [6.45, 7) is 1.46. The summed E-state index contributed by atoms with van der Waals surface area (Å²) in [7, 11) is 1.60. The zero-order chi connectivity index (χ0) is 16.2. The maximum atomic E-state index is 12.5. The minimum Gasteiger partial charge on any atom is -0.497 e. The summed E-state index contributed by atoms with van der Waals surface area (Å²) in [5, 5.41) is 0. The van der Waals surface area contributed by atoms with E-state index < -0.39 is 0 Å². The highest BCUT2D eigenvalue weighted by Crippen LogP contribution is 2.21. The number of carbonyl (C=O) groups is 1. The second kappa shape index (κ2) is 6.69. The van der Waals surface area contributed by atoms with E-state index in [0.717, 1.165) is 43.7 Å². The highest BCUT2D eigenvalue weighted by molar-refractivity contribution is 5.94. The van der Waals surface area contributed by atoms with Gasteiger partial charge in [0, 0.05) is 24.3 Å². The fraction of sp³-hybridized carbons (Fsp3) is 0.333. The van der Waals surface area contributed by atoms with Gasteiger partial charge in [0.25, 0.3) is 11.5 Å². The number of amides is 1. The Kier molecular flexibility index (Phi) is 4.46. The van der Waals surface area contributed by atoms with Gasteiger partial charge in [-0.3, -0.25) is 9.59 Å². The average molecular weight is 312 g/mol. The quantitative estimate of drug-likeness (QED) is 0.948. The number of nitrogens with zero attached hydrogens (tertiary/aromatic N) is 1. The van der Waals surface area contributed by atoms with Crippen LogP contribution in [0.4, 0.5) is 0 Å². The third kappa shape index (κ3) is 3.28. The number of rotatable bonds is 3. The summed E-state index contributed by atoms with van der Waals surface area (Å²) in [6, 6.07) is 10.8. The molecular formula is C18H20N2O3. The maximum absolute atomic E-state index is 12.5. The number of hydrogen-bond acceptors (Lipinski definition) is 3. The van der Waals surface area contributed by atoms with Gasteiger partial charge in [0.2, 0.25) is 0 Å². The molecule has 0 aliphatic carbocycles. The van der Waals surface area contributed by atoms with E-state index >= 15 is 0 Å². The molecule has 5 nitrogen and oxygen atoms in total. The van der Waals surface area contributed by atoms with Crippen LogP contribution in [0.1, 0.15) is 29.6 Å². The first-order valence-electron chi connectivity index (χ1n) is 7.86. The molecule has 2 heterocycles. The van der Waals surface area contributed by atoms with Gasteiger partial charge in [-0.25, -0.2) is 0 Å². The second-order valence-electron chi connectivity index (χ2n) is 5.70. The van der Waals surface area contributed by atoms with E-state index in [9.17, 15) is 9.59 Å². The fourth-order valence-electron chi connectivity index (χ4n) is 2.87. The fourth-order valence-corrected chi connectivity index (χ4v) is 2.87. The van der Waals surface area contributed by atoms with Gasteiger partial charge in [-0.1, -0.05) is 12.1 Å². The van der Waals surface area contributed by atoms with E-state index in [2.05, 4.69) is 4.98 Å². The Balaban J connectivity index is 1.88. The first-order chi connectivity index (χ1) is 11.2. The lowest BCUT2D eigenvalue weighted by Crippen LogP contribution is -2.38. The van der Waals surface area contributed by atoms with Crippen LogP contribution in [0, 0.1) is 0 Å². The number of carbonyl (C=O) groups excluding carboxylic acids is 1. The van der Waals surface area contributed by atoms with Crippen LogP contribution >= 0.6 is 0 Å². The number of aromatic nitrogens is 1. The van der Waals surface area contributed by atoms with Crippen molar-refractivity contribution in [3.05, 3.63) is 52.3 Å². The van der Waals surface area contributed by atoms with Gasteiger partial charge in [0.15, 0.2) is 0 Å². The normalized spacial score (nSPS) is 14.6. The highest BCUT2D eigenvalue weighted by atomic mass is 16.5. The molecule has 120 valence electrons. The average Bonchev–Trinajstić information content (AvgIpc) is 2.62. The largest absolute Gasteiger partial charge is 0.497 e. The van der Waals surface area contributed by atoms with E-state index in [1.807, 2.05) is 24.3 Å². The number of likely N-dealkylation sites (tertiary alicyclic amines) is 1. The first kappa shape index (κ1) is 15.3. The van der Waals surface area contributed by atoms with Gasteiger partial charge < -0.3 is 14.6 Å². The number of ether oxygens (including phenoxy) is 1. The van der Waals surface area contributed by atoms with Crippen molar-refractivity contribution < 1.29 is 9.53 Å². The van der Waals surface area contributed by atoms with Crippen molar-refractivity contribution >= 4 is 5.91 Å². The Hall–Kier alpha value is -2.56. The van der Waals surface area contributed by atoms with Crippen LogP contribution in [-0.4, -0.2) is 36.0 Å². The molecule has 0 atom stereocenters. The molecule has 1 aliphatic rings. The van der Waals surface area contributed by atoms with E-state index in [-0.39, 0.29) is 17.0 Å². The first-order valence-corrected chi connectivity index (χ1v) is 7.86. The molecule has 0 spiro atoms. The van der Waals surface area contributed by atoms with Gasteiger partial charge in [0.05, 0.1) is 7.11 Å². The lowest BCUT2D eigenvalue weighted by Gasteiger charge is -2.26. The number of piperidine rings is 1. The van der Waals surface area contributed by atoms with E-state index in [1.54, 1.807) is 24.1 Å². The van der Waals surface area contributed by atoms with Crippen molar-refractivity contribution in [2.24, 2.45) is 0 Å². The molecule has 1 aliphatic heterocycles. The molecule has 0 unspecified atom stereocenters. The Bertz CT molecular complexity index is 761. The molecular weight excluding hydrogens is 292 g/mol. The van der Waals surface area contributed by atoms with Crippen LogP contribution in [0.5, 0.6) is 5.75 Å². The topological polar surface area (TPSA) is 62.4 Å². The lowest BCUT2D eigenvalue weighted by molar-refractivity contribution is 0.0722. The molecule has 1 saturated heterocycles. The number of pyridine rings is 1. The monoisotopic (exact) mass is 312 g/mol. The van der Waals surface area contributed by atoms with E-state index in [4.69, 9.17) is 4.74 Å². The molecule has 2 aromatic rings. The van der Waals surface area contributed by atoms with Crippen molar-refractivity contribution in [2.75, 3.05) is 20.2 Å². The molecule has 1 N–H and O–H groups in total. The smallest absolute Gasteiger partial charge is 0.261 e. The molecule has 0 bridgehead atoms. The number of aromatic amines is 1. The lowest BCUT2D eigenvalue weighted by atomic mass is 10.1. The number of benzene rings is 1. The number of H-pyrrole nitrogens is 1.